The summed E-state index contributed by atoms with van der Waals surface area (Å²) in [6, 6.07) is 7.00. The highest BCUT2D eigenvalue weighted by Crippen LogP contribution is 2.31. The molecule has 0 saturated heterocycles. The van der Waals surface area contributed by atoms with E-state index in [0.717, 1.165) is 6.42 Å². The topological polar surface area (TPSA) is 20.2 Å². The SMILES string of the molecule is CC(C)C(CCO)c1ccc2c(c1)CCCC2. The Morgan fingerprint density at radius 2 is 1.82 bits per heavy atom. The molecule has 17 heavy (non-hydrogen) atoms. The molecule has 0 heterocycles. The lowest BCUT2D eigenvalue weighted by molar-refractivity contribution is 0.261. The van der Waals surface area contributed by atoms with Crippen LogP contribution in [0.1, 0.15) is 55.7 Å². The lowest BCUT2D eigenvalue weighted by Crippen LogP contribution is -2.11. The van der Waals surface area contributed by atoms with Gasteiger partial charge in [0.15, 0.2) is 0 Å². The maximum atomic E-state index is 9.19. The molecule has 1 aromatic carbocycles. The van der Waals surface area contributed by atoms with E-state index in [2.05, 4.69) is 32.0 Å². The number of aryl methyl sites for hydroxylation is 2. The molecule has 1 aliphatic rings. The molecule has 0 fully saturated rings. The summed E-state index contributed by atoms with van der Waals surface area (Å²) in [6.45, 7) is 4.79. The summed E-state index contributed by atoms with van der Waals surface area (Å²) in [5, 5.41) is 9.19. The minimum Gasteiger partial charge on any atom is -0.396 e. The van der Waals surface area contributed by atoms with Gasteiger partial charge in [0, 0.05) is 6.61 Å². The summed E-state index contributed by atoms with van der Waals surface area (Å²) in [5.41, 5.74) is 4.53. The van der Waals surface area contributed by atoms with Gasteiger partial charge >= 0.3 is 0 Å². The minimum absolute atomic E-state index is 0.292. The molecule has 0 spiro atoms. The fourth-order valence-corrected chi connectivity index (χ4v) is 3.01. The van der Waals surface area contributed by atoms with E-state index in [0.29, 0.717) is 18.4 Å². The third-order valence-corrected chi connectivity index (χ3v) is 4.05. The fourth-order valence-electron chi connectivity index (χ4n) is 3.01. The average molecular weight is 232 g/mol. The molecule has 0 bridgehead atoms. The summed E-state index contributed by atoms with van der Waals surface area (Å²) in [5.74, 6) is 1.11. The summed E-state index contributed by atoms with van der Waals surface area (Å²) < 4.78 is 0. The molecule has 0 aliphatic heterocycles. The molecule has 1 nitrogen and oxygen atoms in total. The van der Waals surface area contributed by atoms with Gasteiger partial charge in [-0.3, -0.25) is 0 Å². The van der Waals surface area contributed by atoms with Crippen molar-refractivity contribution in [2.45, 2.75) is 51.9 Å². The van der Waals surface area contributed by atoms with Gasteiger partial charge in [-0.1, -0.05) is 32.0 Å². The molecule has 94 valence electrons. The maximum absolute atomic E-state index is 9.19. The lowest BCUT2D eigenvalue weighted by Gasteiger charge is -2.23. The largest absolute Gasteiger partial charge is 0.396 e. The Labute approximate surface area is 105 Å². The first-order chi connectivity index (χ1) is 8.22. The van der Waals surface area contributed by atoms with E-state index in [-0.39, 0.29) is 0 Å². The van der Waals surface area contributed by atoms with E-state index in [1.165, 1.54) is 31.2 Å². The highest BCUT2D eigenvalue weighted by Gasteiger charge is 2.17. The van der Waals surface area contributed by atoms with Gasteiger partial charge in [-0.05, 0) is 60.6 Å². The number of aliphatic hydroxyl groups is 1. The van der Waals surface area contributed by atoms with Crippen LogP contribution in [0.4, 0.5) is 0 Å². The van der Waals surface area contributed by atoms with Crippen LogP contribution in [0.3, 0.4) is 0 Å². The van der Waals surface area contributed by atoms with Crippen molar-refractivity contribution in [1.82, 2.24) is 0 Å². The second-order valence-electron chi connectivity index (χ2n) is 5.60. The monoisotopic (exact) mass is 232 g/mol. The van der Waals surface area contributed by atoms with Gasteiger partial charge < -0.3 is 5.11 Å². The van der Waals surface area contributed by atoms with Gasteiger partial charge in [0.05, 0.1) is 0 Å². The van der Waals surface area contributed by atoms with Gasteiger partial charge in [-0.15, -0.1) is 0 Å². The molecule has 1 N–H and O–H groups in total. The Bertz CT molecular complexity index is 368. The van der Waals surface area contributed by atoms with Crippen LogP contribution in [-0.2, 0) is 12.8 Å². The van der Waals surface area contributed by atoms with E-state index in [1.54, 1.807) is 11.1 Å². The first-order valence-corrected chi connectivity index (χ1v) is 6.95. The summed E-state index contributed by atoms with van der Waals surface area (Å²) in [7, 11) is 0. The van der Waals surface area contributed by atoms with Crippen molar-refractivity contribution < 1.29 is 5.11 Å². The fraction of sp³-hybridized carbons (Fsp3) is 0.625. The van der Waals surface area contributed by atoms with Crippen LogP contribution in [0.2, 0.25) is 0 Å². The van der Waals surface area contributed by atoms with Gasteiger partial charge in [-0.2, -0.15) is 0 Å². The zero-order valence-corrected chi connectivity index (χ0v) is 11.1. The minimum atomic E-state index is 0.292. The Balaban J connectivity index is 2.25. The van der Waals surface area contributed by atoms with Crippen LogP contribution in [-0.4, -0.2) is 11.7 Å². The van der Waals surface area contributed by atoms with Crippen LogP contribution in [0.15, 0.2) is 18.2 Å². The van der Waals surface area contributed by atoms with Gasteiger partial charge in [-0.25, -0.2) is 0 Å². The summed E-state index contributed by atoms with van der Waals surface area (Å²) >= 11 is 0. The average Bonchev–Trinajstić information content (AvgIpc) is 2.35. The van der Waals surface area contributed by atoms with Crippen LogP contribution >= 0.6 is 0 Å². The number of hydrogen-bond acceptors (Lipinski definition) is 1. The highest BCUT2D eigenvalue weighted by molar-refractivity contribution is 5.35. The lowest BCUT2D eigenvalue weighted by atomic mass is 9.82. The van der Waals surface area contributed by atoms with Gasteiger partial charge in [0.1, 0.15) is 0 Å². The van der Waals surface area contributed by atoms with E-state index in [1.807, 2.05) is 0 Å². The zero-order valence-electron chi connectivity index (χ0n) is 11.1. The first-order valence-electron chi connectivity index (χ1n) is 6.95. The summed E-state index contributed by atoms with van der Waals surface area (Å²) in [6.07, 6.45) is 6.06. The second kappa shape index (κ2) is 5.68. The van der Waals surface area contributed by atoms with Crippen LogP contribution < -0.4 is 0 Å². The van der Waals surface area contributed by atoms with Crippen molar-refractivity contribution >= 4 is 0 Å². The molecule has 1 unspecified atom stereocenters. The third-order valence-electron chi connectivity index (χ3n) is 4.05. The maximum Gasteiger partial charge on any atom is 0.0436 e. The molecule has 2 rings (SSSR count). The molecule has 0 saturated carbocycles. The third kappa shape index (κ3) is 2.90. The van der Waals surface area contributed by atoms with Crippen LogP contribution in [0, 0.1) is 5.92 Å². The van der Waals surface area contributed by atoms with Gasteiger partial charge in [0.25, 0.3) is 0 Å². The zero-order chi connectivity index (χ0) is 12.3. The molecule has 1 atom stereocenters. The Hall–Kier alpha value is -0.820. The van der Waals surface area contributed by atoms with E-state index in [9.17, 15) is 5.11 Å². The smallest absolute Gasteiger partial charge is 0.0436 e. The predicted molar refractivity (Wildman–Crippen MR) is 72.4 cm³/mol. The molecule has 1 aliphatic carbocycles. The molecule has 0 radical (unpaired) electrons. The Morgan fingerprint density at radius 1 is 1.12 bits per heavy atom. The Morgan fingerprint density at radius 3 is 2.47 bits per heavy atom. The molecule has 0 aromatic heterocycles. The van der Waals surface area contributed by atoms with Gasteiger partial charge in [0.2, 0.25) is 0 Å². The Kier molecular flexibility index (Phi) is 4.22. The van der Waals surface area contributed by atoms with Crippen molar-refractivity contribution in [1.29, 1.82) is 0 Å². The van der Waals surface area contributed by atoms with Crippen molar-refractivity contribution in [3.8, 4) is 0 Å². The van der Waals surface area contributed by atoms with Crippen molar-refractivity contribution in [3.05, 3.63) is 34.9 Å². The van der Waals surface area contributed by atoms with E-state index >= 15 is 0 Å². The van der Waals surface area contributed by atoms with Crippen molar-refractivity contribution in [3.63, 3.8) is 0 Å². The standard InChI is InChI=1S/C16H24O/c1-12(2)16(9-10-17)15-8-7-13-5-3-4-6-14(13)11-15/h7-8,11-12,16-17H,3-6,9-10H2,1-2H3. The normalized spacial score (nSPS) is 16.9. The number of rotatable bonds is 4. The number of hydrogen-bond donors (Lipinski definition) is 1. The summed E-state index contributed by atoms with van der Waals surface area (Å²) in [4.78, 5) is 0. The highest BCUT2D eigenvalue weighted by atomic mass is 16.3. The second-order valence-corrected chi connectivity index (χ2v) is 5.60. The van der Waals surface area contributed by atoms with Crippen LogP contribution in [0.25, 0.3) is 0 Å². The molecule has 0 amide bonds. The molecule has 1 heteroatoms. The quantitative estimate of drug-likeness (QED) is 0.839. The van der Waals surface area contributed by atoms with Crippen molar-refractivity contribution in [2.75, 3.05) is 6.61 Å². The molecular weight excluding hydrogens is 208 g/mol. The van der Waals surface area contributed by atoms with Crippen LogP contribution in [0.5, 0.6) is 0 Å². The first kappa shape index (κ1) is 12.6. The van der Waals surface area contributed by atoms with E-state index < -0.39 is 0 Å². The van der Waals surface area contributed by atoms with Crippen molar-refractivity contribution in [2.24, 2.45) is 5.92 Å². The predicted octanol–water partition coefficient (Wildman–Crippen LogP) is 3.69. The van der Waals surface area contributed by atoms with E-state index in [4.69, 9.17) is 0 Å². The number of benzene rings is 1. The molecular formula is C16H24O. The number of aliphatic hydroxyl groups excluding tert-OH is 1. The number of fused-ring (bicyclic) bond motifs is 1. The molecule has 1 aromatic rings.